The molecule has 0 saturated carbocycles. The van der Waals surface area contributed by atoms with Crippen LogP contribution in [0.15, 0.2) is 29.2 Å². The standard InChI is InChI=1S/C14H20FN3O2S/c1-10(13(19)16-8-7-15)18-14(20)17-9-11-3-5-12(21-2)6-4-11/h3-6,10H,7-9H2,1-2H3,(H,16,19)(H2,17,18,20). The van der Waals surface area contributed by atoms with Crippen LogP contribution in [0.2, 0.25) is 0 Å². The second kappa shape index (κ2) is 9.23. The number of thioether (sulfide) groups is 1. The summed E-state index contributed by atoms with van der Waals surface area (Å²) in [7, 11) is 0. The van der Waals surface area contributed by atoms with Crippen molar-refractivity contribution >= 4 is 23.7 Å². The summed E-state index contributed by atoms with van der Waals surface area (Å²) in [6.45, 7) is 1.24. The first-order chi connectivity index (χ1) is 10.1. The van der Waals surface area contributed by atoms with Crippen molar-refractivity contribution < 1.29 is 14.0 Å². The first kappa shape index (κ1) is 17.3. The maximum atomic E-state index is 11.9. The van der Waals surface area contributed by atoms with Crippen molar-refractivity contribution in [3.63, 3.8) is 0 Å². The third-order valence-electron chi connectivity index (χ3n) is 2.75. The van der Waals surface area contributed by atoms with Gasteiger partial charge in [0, 0.05) is 18.0 Å². The van der Waals surface area contributed by atoms with Gasteiger partial charge in [0.25, 0.3) is 0 Å². The average molecular weight is 313 g/mol. The molecule has 1 aromatic rings. The van der Waals surface area contributed by atoms with Crippen molar-refractivity contribution in [2.75, 3.05) is 19.5 Å². The lowest BCUT2D eigenvalue weighted by molar-refractivity contribution is -0.122. The van der Waals surface area contributed by atoms with Crippen LogP contribution in [0.1, 0.15) is 12.5 Å². The molecule has 7 heteroatoms. The quantitative estimate of drug-likeness (QED) is 0.671. The lowest BCUT2D eigenvalue weighted by Gasteiger charge is -2.14. The Bertz CT molecular complexity index is 468. The number of carbonyl (C=O) groups is 2. The maximum Gasteiger partial charge on any atom is 0.315 e. The van der Waals surface area contributed by atoms with Gasteiger partial charge in [0.15, 0.2) is 0 Å². The van der Waals surface area contributed by atoms with Gasteiger partial charge in [-0.1, -0.05) is 12.1 Å². The monoisotopic (exact) mass is 313 g/mol. The third-order valence-corrected chi connectivity index (χ3v) is 3.49. The molecular weight excluding hydrogens is 293 g/mol. The molecule has 5 nitrogen and oxygen atoms in total. The van der Waals surface area contributed by atoms with Gasteiger partial charge in [-0.05, 0) is 30.9 Å². The Morgan fingerprint density at radius 2 is 1.90 bits per heavy atom. The lowest BCUT2D eigenvalue weighted by atomic mass is 10.2. The molecule has 3 N–H and O–H groups in total. The van der Waals surface area contributed by atoms with Gasteiger partial charge in [-0.2, -0.15) is 0 Å². The smallest absolute Gasteiger partial charge is 0.315 e. The van der Waals surface area contributed by atoms with Crippen LogP contribution >= 0.6 is 11.8 Å². The number of carbonyl (C=O) groups excluding carboxylic acids is 2. The minimum Gasteiger partial charge on any atom is -0.352 e. The summed E-state index contributed by atoms with van der Waals surface area (Å²) >= 11 is 1.65. The molecule has 0 aliphatic heterocycles. The number of alkyl halides is 1. The molecule has 116 valence electrons. The molecule has 0 bridgehead atoms. The summed E-state index contributed by atoms with van der Waals surface area (Å²) in [5.41, 5.74) is 0.970. The summed E-state index contributed by atoms with van der Waals surface area (Å²) in [5, 5.41) is 7.53. The Labute approximate surface area is 128 Å². The van der Waals surface area contributed by atoms with Gasteiger partial charge in [0.2, 0.25) is 5.91 Å². The van der Waals surface area contributed by atoms with E-state index in [0.717, 1.165) is 10.5 Å². The number of hydrogen-bond donors (Lipinski definition) is 3. The third kappa shape index (κ3) is 6.48. The molecule has 1 aromatic carbocycles. The molecule has 1 unspecified atom stereocenters. The number of benzene rings is 1. The molecule has 1 rings (SSSR count). The largest absolute Gasteiger partial charge is 0.352 e. The fourth-order valence-corrected chi connectivity index (χ4v) is 1.97. The zero-order valence-electron chi connectivity index (χ0n) is 12.1. The van der Waals surface area contributed by atoms with Crippen LogP contribution in [-0.2, 0) is 11.3 Å². The Hall–Kier alpha value is -1.76. The van der Waals surface area contributed by atoms with E-state index in [9.17, 15) is 14.0 Å². The molecule has 3 amide bonds. The van der Waals surface area contributed by atoms with E-state index < -0.39 is 24.7 Å². The molecular formula is C14H20FN3O2S. The van der Waals surface area contributed by atoms with E-state index in [1.54, 1.807) is 18.7 Å². The van der Waals surface area contributed by atoms with Crippen molar-refractivity contribution in [2.24, 2.45) is 0 Å². The molecule has 0 saturated heterocycles. The van der Waals surface area contributed by atoms with Gasteiger partial charge in [-0.15, -0.1) is 11.8 Å². The van der Waals surface area contributed by atoms with Gasteiger partial charge in [-0.25, -0.2) is 9.18 Å². The van der Waals surface area contributed by atoms with E-state index >= 15 is 0 Å². The SMILES string of the molecule is CSc1ccc(CNC(=O)NC(C)C(=O)NCCF)cc1. The highest BCUT2D eigenvalue weighted by Gasteiger charge is 2.14. The van der Waals surface area contributed by atoms with E-state index in [1.165, 1.54) is 0 Å². The predicted octanol–water partition coefficient (Wildman–Crippen LogP) is 1.68. The lowest BCUT2D eigenvalue weighted by Crippen LogP contribution is -2.48. The number of nitrogens with one attached hydrogen (secondary N) is 3. The van der Waals surface area contributed by atoms with Crippen LogP contribution < -0.4 is 16.0 Å². The van der Waals surface area contributed by atoms with Crippen molar-refractivity contribution in [1.29, 1.82) is 0 Å². The molecule has 0 fully saturated rings. The number of rotatable bonds is 7. The molecule has 1 atom stereocenters. The van der Waals surface area contributed by atoms with Gasteiger partial charge in [0.1, 0.15) is 12.7 Å². The minimum atomic E-state index is -0.713. The summed E-state index contributed by atoms with van der Waals surface area (Å²) in [5.74, 6) is -0.410. The van der Waals surface area contributed by atoms with Crippen molar-refractivity contribution in [1.82, 2.24) is 16.0 Å². The van der Waals surface area contributed by atoms with Crippen molar-refractivity contribution in [2.45, 2.75) is 24.4 Å². The highest BCUT2D eigenvalue weighted by Crippen LogP contribution is 2.14. The Morgan fingerprint density at radius 1 is 1.24 bits per heavy atom. The van der Waals surface area contributed by atoms with Gasteiger partial charge in [0.05, 0.1) is 0 Å². The van der Waals surface area contributed by atoms with E-state index in [1.807, 2.05) is 30.5 Å². The Balaban J connectivity index is 2.34. The van der Waals surface area contributed by atoms with Gasteiger partial charge < -0.3 is 16.0 Å². The minimum absolute atomic E-state index is 0.0474. The summed E-state index contributed by atoms with van der Waals surface area (Å²) in [6, 6.07) is 6.67. The van der Waals surface area contributed by atoms with Crippen LogP contribution in [0.25, 0.3) is 0 Å². The van der Waals surface area contributed by atoms with Crippen molar-refractivity contribution in [3.05, 3.63) is 29.8 Å². The van der Waals surface area contributed by atoms with Crippen LogP contribution in [0, 0.1) is 0 Å². The molecule has 0 aliphatic carbocycles. The topological polar surface area (TPSA) is 70.2 Å². The molecule has 21 heavy (non-hydrogen) atoms. The molecule has 0 spiro atoms. The number of halogens is 1. The van der Waals surface area contributed by atoms with Crippen LogP contribution in [0.5, 0.6) is 0 Å². The van der Waals surface area contributed by atoms with Gasteiger partial charge in [-0.3, -0.25) is 4.79 Å². The first-order valence-electron chi connectivity index (χ1n) is 6.57. The fraction of sp³-hybridized carbons (Fsp3) is 0.429. The van der Waals surface area contributed by atoms with Crippen LogP contribution in [0.3, 0.4) is 0 Å². The van der Waals surface area contributed by atoms with Crippen LogP contribution in [0.4, 0.5) is 9.18 Å². The number of hydrogen-bond acceptors (Lipinski definition) is 3. The second-order valence-electron chi connectivity index (χ2n) is 4.38. The fourth-order valence-electron chi connectivity index (χ4n) is 1.56. The van der Waals surface area contributed by atoms with E-state index in [-0.39, 0.29) is 6.54 Å². The number of urea groups is 1. The Morgan fingerprint density at radius 3 is 2.48 bits per heavy atom. The van der Waals surface area contributed by atoms with Gasteiger partial charge >= 0.3 is 6.03 Å². The van der Waals surface area contributed by atoms with E-state index in [0.29, 0.717) is 6.54 Å². The summed E-state index contributed by atoms with van der Waals surface area (Å²) in [4.78, 5) is 24.3. The van der Waals surface area contributed by atoms with E-state index in [4.69, 9.17) is 0 Å². The highest BCUT2D eigenvalue weighted by atomic mass is 32.2. The highest BCUT2D eigenvalue weighted by molar-refractivity contribution is 7.98. The first-order valence-corrected chi connectivity index (χ1v) is 7.80. The maximum absolute atomic E-state index is 11.9. The number of amides is 3. The summed E-state index contributed by atoms with van der Waals surface area (Å²) < 4.78 is 11.9. The average Bonchev–Trinajstić information content (AvgIpc) is 2.50. The molecule has 0 aromatic heterocycles. The van der Waals surface area contributed by atoms with Crippen LogP contribution in [-0.4, -0.2) is 37.5 Å². The predicted molar refractivity (Wildman–Crippen MR) is 82.0 cm³/mol. The normalized spacial score (nSPS) is 11.6. The van der Waals surface area contributed by atoms with E-state index in [2.05, 4.69) is 16.0 Å². The van der Waals surface area contributed by atoms with Crippen molar-refractivity contribution in [3.8, 4) is 0 Å². The zero-order valence-corrected chi connectivity index (χ0v) is 12.9. The summed E-state index contributed by atoms with van der Waals surface area (Å²) in [6.07, 6.45) is 2.00. The molecule has 0 radical (unpaired) electrons. The molecule has 0 aliphatic rings. The zero-order chi connectivity index (χ0) is 15.7. The second-order valence-corrected chi connectivity index (χ2v) is 5.26. The Kier molecular flexibility index (Phi) is 7.60. The molecule has 0 heterocycles.